The minimum Gasteiger partial charge on any atom is -0.339 e. The van der Waals surface area contributed by atoms with Crippen molar-refractivity contribution < 1.29 is 4.52 Å². The highest BCUT2D eigenvalue weighted by atomic mass is 16.5. The first-order valence-corrected chi connectivity index (χ1v) is 6.86. The molecule has 1 aromatic rings. The molecule has 17 heavy (non-hydrogen) atoms. The molecule has 1 fully saturated rings. The summed E-state index contributed by atoms with van der Waals surface area (Å²) in [4.78, 5) is 4.46. The van der Waals surface area contributed by atoms with Crippen molar-refractivity contribution in [1.29, 1.82) is 0 Å². The second-order valence-corrected chi connectivity index (χ2v) is 5.09. The standard InChI is InChI=1S/C13H23N3O/c1-2-3-10(8-9-14)4-7-12-15-13(16-17-12)11-5-6-11/h10-11H,2-9,14H2,1H3. The van der Waals surface area contributed by atoms with Crippen molar-refractivity contribution in [2.24, 2.45) is 11.7 Å². The second-order valence-electron chi connectivity index (χ2n) is 5.09. The van der Waals surface area contributed by atoms with Crippen LogP contribution in [0.25, 0.3) is 0 Å². The van der Waals surface area contributed by atoms with E-state index in [1.807, 2.05) is 0 Å². The van der Waals surface area contributed by atoms with Crippen LogP contribution in [-0.4, -0.2) is 16.7 Å². The molecule has 1 heterocycles. The third-order valence-corrected chi connectivity index (χ3v) is 3.46. The first-order chi connectivity index (χ1) is 8.33. The van der Waals surface area contributed by atoms with Crippen LogP contribution in [-0.2, 0) is 6.42 Å². The van der Waals surface area contributed by atoms with Crippen molar-refractivity contribution in [3.05, 3.63) is 11.7 Å². The van der Waals surface area contributed by atoms with Gasteiger partial charge in [0.15, 0.2) is 5.82 Å². The summed E-state index contributed by atoms with van der Waals surface area (Å²) in [5.41, 5.74) is 5.63. The van der Waals surface area contributed by atoms with E-state index < -0.39 is 0 Å². The Morgan fingerprint density at radius 1 is 1.35 bits per heavy atom. The van der Waals surface area contributed by atoms with E-state index in [1.54, 1.807) is 0 Å². The Labute approximate surface area is 103 Å². The second kappa shape index (κ2) is 6.15. The van der Waals surface area contributed by atoms with Crippen LogP contribution < -0.4 is 5.73 Å². The Hall–Kier alpha value is -0.900. The molecule has 0 aliphatic heterocycles. The van der Waals surface area contributed by atoms with E-state index in [4.69, 9.17) is 10.3 Å². The highest BCUT2D eigenvalue weighted by Crippen LogP contribution is 2.38. The number of rotatable bonds is 8. The molecule has 1 aliphatic rings. The zero-order chi connectivity index (χ0) is 12.1. The van der Waals surface area contributed by atoms with Crippen molar-refractivity contribution in [2.75, 3.05) is 6.54 Å². The van der Waals surface area contributed by atoms with Gasteiger partial charge in [-0.25, -0.2) is 0 Å². The van der Waals surface area contributed by atoms with Crippen LogP contribution >= 0.6 is 0 Å². The lowest BCUT2D eigenvalue weighted by Crippen LogP contribution is -2.09. The SMILES string of the molecule is CCCC(CCN)CCc1nc(C2CC2)no1. The zero-order valence-corrected chi connectivity index (χ0v) is 10.7. The van der Waals surface area contributed by atoms with Gasteiger partial charge < -0.3 is 10.3 Å². The predicted molar refractivity (Wildman–Crippen MR) is 66.7 cm³/mol. The maximum Gasteiger partial charge on any atom is 0.226 e. The number of aromatic nitrogens is 2. The molecule has 0 amide bonds. The molecule has 1 aliphatic carbocycles. The average Bonchev–Trinajstić information content (AvgIpc) is 3.07. The normalized spacial score (nSPS) is 17.3. The van der Waals surface area contributed by atoms with E-state index >= 15 is 0 Å². The van der Waals surface area contributed by atoms with Gasteiger partial charge >= 0.3 is 0 Å². The Morgan fingerprint density at radius 2 is 2.18 bits per heavy atom. The third kappa shape index (κ3) is 3.80. The lowest BCUT2D eigenvalue weighted by atomic mass is 9.94. The van der Waals surface area contributed by atoms with E-state index in [2.05, 4.69) is 17.1 Å². The van der Waals surface area contributed by atoms with Crippen molar-refractivity contribution >= 4 is 0 Å². The molecule has 1 saturated carbocycles. The Balaban J connectivity index is 1.78. The maximum absolute atomic E-state index is 5.63. The first-order valence-electron chi connectivity index (χ1n) is 6.86. The summed E-state index contributed by atoms with van der Waals surface area (Å²) in [6.45, 7) is 3.00. The summed E-state index contributed by atoms with van der Waals surface area (Å²) >= 11 is 0. The van der Waals surface area contributed by atoms with Crippen LogP contribution in [0.5, 0.6) is 0 Å². The monoisotopic (exact) mass is 237 g/mol. The van der Waals surface area contributed by atoms with E-state index in [0.717, 1.165) is 37.5 Å². The molecule has 0 bridgehead atoms. The minimum absolute atomic E-state index is 0.586. The fraction of sp³-hybridized carbons (Fsp3) is 0.846. The van der Waals surface area contributed by atoms with E-state index in [0.29, 0.717) is 11.8 Å². The highest BCUT2D eigenvalue weighted by molar-refractivity contribution is 5.03. The van der Waals surface area contributed by atoms with Gasteiger partial charge in [0, 0.05) is 12.3 Å². The van der Waals surface area contributed by atoms with Crippen molar-refractivity contribution in [2.45, 2.75) is 57.8 Å². The van der Waals surface area contributed by atoms with Crippen LogP contribution in [0.4, 0.5) is 0 Å². The molecule has 1 atom stereocenters. The Kier molecular flexibility index (Phi) is 4.54. The lowest BCUT2D eigenvalue weighted by Gasteiger charge is -2.13. The average molecular weight is 237 g/mol. The van der Waals surface area contributed by atoms with Gasteiger partial charge in [-0.1, -0.05) is 24.9 Å². The first kappa shape index (κ1) is 12.6. The van der Waals surface area contributed by atoms with Crippen LogP contribution in [0, 0.1) is 5.92 Å². The largest absolute Gasteiger partial charge is 0.339 e. The van der Waals surface area contributed by atoms with Crippen LogP contribution in [0.2, 0.25) is 0 Å². The van der Waals surface area contributed by atoms with Gasteiger partial charge in [-0.2, -0.15) is 4.98 Å². The summed E-state index contributed by atoms with van der Waals surface area (Å²) in [6, 6.07) is 0. The molecule has 0 spiro atoms. The summed E-state index contributed by atoms with van der Waals surface area (Å²) in [5.74, 6) is 3.03. The van der Waals surface area contributed by atoms with Gasteiger partial charge in [-0.05, 0) is 38.1 Å². The molecule has 0 aromatic carbocycles. The van der Waals surface area contributed by atoms with E-state index in [1.165, 1.54) is 25.7 Å². The molecule has 4 nitrogen and oxygen atoms in total. The van der Waals surface area contributed by atoms with Crippen molar-refractivity contribution in [1.82, 2.24) is 10.1 Å². The smallest absolute Gasteiger partial charge is 0.226 e. The molecule has 96 valence electrons. The van der Waals surface area contributed by atoms with Gasteiger partial charge in [-0.15, -0.1) is 0 Å². The lowest BCUT2D eigenvalue weighted by molar-refractivity contribution is 0.346. The molecule has 1 aromatic heterocycles. The van der Waals surface area contributed by atoms with Gasteiger partial charge in [0.2, 0.25) is 5.89 Å². The van der Waals surface area contributed by atoms with Gasteiger partial charge in [0.25, 0.3) is 0 Å². The van der Waals surface area contributed by atoms with Crippen LogP contribution in [0.3, 0.4) is 0 Å². The number of nitrogens with zero attached hydrogens (tertiary/aromatic N) is 2. The minimum atomic E-state index is 0.586. The topological polar surface area (TPSA) is 64.9 Å². The molecule has 4 heteroatoms. The van der Waals surface area contributed by atoms with Crippen molar-refractivity contribution in [3.8, 4) is 0 Å². The maximum atomic E-state index is 5.63. The number of hydrogen-bond acceptors (Lipinski definition) is 4. The molecule has 0 saturated heterocycles. The van der Waals surface area contributed by atoms with Crippen LogP contribution in [0.1, 0.15) is 63.1 Å². The molecule has 2 N–H and O–H groups in total. The van der Waals surface area contributed by atoms with E-state index in [-0.39, 0.29) is 0 Å². The van der Waals surface area contributed by atoms with Gasteiger partial charge in [-0.3, -0.25) is 0 Å². The molecular formula is C13H23N3O. The summed E-state index contributed by atoms with van der Waals surface area (Å²) in [5, 5.41) is 4.04. The summed E-state index contributed by atoms with van der Waals surface area (Å²) < 4.78 is 5.28. The van der Waals surface area contributed by atoms with E-state index in [9.17, 15) is 0 Å². The fourth-order valence-electron chi connectivity index (χ4n) is 2.28. The summed E-state index contributed by atoms with van der Waals surface area (Å²) in [7, 11) is 0. The van der Waals surface area contributed by atoms with Gasteiger partial charge in [0.1, 0.15) is 0 Å². The van der Waals surface area contributed by atoms with Crippen LogP contribution in [0.15, 0.2) is 4.52 Å². The molecule has 2 rings (SSSR count). The molecule has 0 radical (unpaired) electrons. The highest BCUT2D eigenvalue weighted by Gasteiger charge is 2.28. The zero-order valence-electron chi connectivity index (χ0n) is 10.7. The Morgan fingerprint density at radius 3 is 2.82 bits per heavy atom. The Bertz CT molecular complexity index is 327. The third-order valence-electron chi connectivity index (χ3n) is 3.46. The summed E-state index contributed by atoms with van der Waals surface area (Å²) in [6.07, 6.45) is 8.07. The fourth-order valence-corrected chi connectivity index (χ4v) is 2.28. The quantitative estimate of drug-likeness (QED) is 0.755. The van der Waals surface area contributed by atoms with Crippen molar-refractivity contribution in [3.63, 3.8) is 0 Å². The molecular weight excluding hydrogens is 214 g/mol. The number of nitrogens with two attached hydrogens (primary N) is 1. The molecule has 1 unspecified atom stereocenters. The van der Waals surface area contributed by atoms with Gasteiger partial charge in [0.05, 0.1) is 0 Å². The number of hydrogen-bond donors (Lipinski definition) is 1. The predicted octanol–water partition coefficient (Wildman–Crippen LogP) is 2.64. The number of aryl methyl sites for hydroxylation is 1.